The smallest absolute Gasteiger partial charge is 0.308 e. The second-order valence-corrected chi connectivity index (χ2v) is 8.72. The van der Waals surface area contributed by atoms with Crippen molar-refractivity contribution >= 4 is 39.0 Å². The van der Waals surface area contributed by atoms with E-state index in [-0.39, 0.29) is 12.2 Å². The molecule has 1 atom stereocenters. The summed E-state index contributed by atoms with van der Waals surface area (Å²) in [6.07, 6.45) is 0.0221. The van der Waals surface area contributed by atoms with Gasteiger partial charge in [-0.15, -0.1) is 0 Å². The maximum absolute atomic E-state index is 11.5. The third-order valence-corrected chi connectivity index (χ3v) is 6.60. The van der Waals surface area contributed by atoms with Crippen LogP contribution in [0.2, 0.25) is 0 Å². The predicted molar refractivity (Wildman–Crippen MR) is 101 cm³/mol. The third-order valence-electron chi connectivity index (χ3n) is 3.36. The number of Topliss-reactive ketones (excluding diaryl/α,β-unsaturated/α-hetero) is 1. The van der Waals surface area contributed by atoms with Crippen molar-refractivity contribution in [2.24, 2.45) is 5.92 Å². The Kier molecular flexibility index (Phi) is 7.69. The molecule has 2 N–H and O–H groups in total. The predicted octanol–water partition coefficient (Wildman–Crippen LogP) is 4.42. The van der Waals surface area contributed by atoms with Crippen molar-refractivity contribution < 1.29 is 19.4 Å². The molecule has 0 saturated carbocycles. The van der Waals surface area contributed by atoms with Crippen molar-refractivity contribution in [2.75, 3.05) is 12.4 Å². The van der Waals surface area contributed by atoms with Gasteiger partial charge in [0.2, 0.25) is 0 Å². The van der Waals surface area contributed by atoms with Gasteiger partial charge in [0, 0.05) is 16.9 Å². The zero-order chi connectivity index (χ0) is 18.3. The number of anilines is 1. The molecule has 0 heterocycles. The molecule has 0 amide bonds. The number of carbonyl (C=O) groups excluding carboxylic acids is 1. The minimum absolute atomic E-state index is 0.0221. The molecule has 5 nitrogen and oxygen atoms in total. The minimum atomic E-state index is -0.961. The highest BCUT2D eigenvalue weighted by molar-refractivity contribution is 8.78. The van der Waals surface area contributed by atoms with Gasteiger partial charge in [0.05, 0.1) is 18.1 Å². The Morgan fingerprint density at radius 1 is 1.33 bits per heavy atom. The summed E-state index contributed by atoms with van der Waals surface area (Å²) in [5.41, 5.74) is 0.866. The molecule has 0 saturated heterocycles. The molecule has 0 aliphatic heterocycles. The first-order chi connectivity index (χ1) is 11.2. The molecule has 132 valence electrons. The fourth-order valence-corrected chi connectivity index (χ4v) is 4.18. The van der Waals surface area contributed by atoms with Crippen molar-refractivity contribution in [3.05, 3.63) is 35.9 Å². The monoisotopic (exact) mass is 369 g/mol. The standard InChI is InChI=1S/C17H23NO4S2/c1-11(19)10-15(16(20)21)17(3,4)24-23-12(2)18-13-6-8-14(22-5)9-7-13/h6-9,15,18H,2,10H2,1,3-5H3,(H,20,21). The van der Waals surface area contributed by atoms with Gasteiger partial charge in [0.25, 0.3) is 0 Å². The highest BCUT2D eigenvalue weighted by atomic mass is 33.1. The number of hydrogen-bond donors (Lipinski definition) is 2. The molecule has 0 radical (unpaired) electrons. The third kappa shape index (κ3) is 6.49. The SMILES string of the molecule is C=C(Nc1ccc(OC)cc1)SSC(C)(C)C(CC(C)=O)C(=O)O. The number of ether oxygens (including phenoxy) is 1. The summed E-state index contributed by atoms with van der Waals surface area (Å²) >= 11 is 0. The zero-order valence-corrected chi connectivity index (χ0v) is 15.9. The van der Waals surface area contributed by atoms with Gasteiger partial charge in [-0.1, -0.05) is 17.4 Å². The lowest BCUT2D eigenvalue weighted by Gasteiger charge is -2.29. The molecule has 7 heteroatoms. The molecular formula is C17H23NO4S2. The van der Waals surface area contributed by atoms with Crippen LogP contribution in [0.15, 0.2) is 35.9 Å². The van der Waals surface area contributed by atoms with E-state index >= 15 is 0 Å². The van der Waals surface area contributed by atoms with Crippen LogP contribution >= 0.6 is 21.6 Å². The van der Waals surface area contributed by atoms with Crippen LogP contribution < -0.4 is 10.1 Å². The van der Waals surface area contributed by atoms with E-state index in [1.54, 1.807) is 7.11 Å². The molecule has 0 spiro atoms. The number of methoxy groups -OCH3 is 1. The molecule has 24 heavy (non-hydrogen) atoms. The van der Waals surface area contributed by atoms with Crippen LogP contribution in [0.3, 0.4) is 0 Å². The molecule has 1 unspecified atom stereocenters. The van der Waals surface area contributed by atoms with Crippen LogP contribution in [-0.2, 0) is 9.59 Å². The Balaban J connectivity index is 2.62. The molecule has 1 aromatic carbocycles. The van der Waals surface area contributed by atoms with E-state index in [0.717, 1.165) is 11.4 Å². The van der Waals surface area contributed by atoms with Gasteiger partial charge >= 0.3 is 5.97 Å². The number of carboxylic acids is 1. The van der Waals surface area contributed by atoms with E-state index in [4.69, 9.17) is 4.74 Å². The quantitative estimate of drug-likeness (QED) is 0.591. The van der Waals surface area contributed by atoms with Gasteiger partial charge in [0.15, 0.2) is 0 Å². The fourth-order valence-electron chi connectivity index (χ4n) is 1.99. The van der Waals surface area contributed by atoms with E-state index < -0.39 is 16.6 Å². The van der Waals surface area contributed by atoms with E-state index in [0.29, 0.717) is 5.03 Å². The maximum Gasteiger partial charge on any atom is 0.308 e. The van der Waals surface area contributed by atoms with Gasteiger partial charge in [-0.25, -0.2) is 0 Å². The van der Waals surface area contributed by atoms with Crippen molar-refractivity contribution in [2.45, 2.75) is 31.9 Å². The normalized spacial score (nSPS) is 12.3. The van der Waals surface area contributed by atoms with E-state index in [2.05, 4.69) is 11.9 Å². The summed E-state index contributed by atoms with van der Waals surface area (Å²) in [7, 11) is 4.36. The van der Waals surface area contributed by atoms with Gasteiger partial charge in [-0.2, -0.15) is 0 Å². The Morgan fingerprint density at radius 2 is 1.92 bits per heavy atom. The van der Waals surface area contributed by atoms with Crippen molar-refractivity contribution in [3.63, 3.8) is 0 Å². The Labute approximate surface area is 150 Å². The number of benzene rings is 1. The summed E-state index contributed by atoms with van der Waals surface area (Å²) < 4.78 is 4.49. The minimum Gasteiger partial charge on any atom is -0.497 e. The summed E-state index contributed by atoms with van der Waals surface area (Å²) in [5, 5.41) is 13.2. The first kappa shape index (κ1) is 20.4. The molecule has 0 bridgehead atoms. The van der Waals surface area contributed by atoms with E-state index in [1.165, 1.54) is 28.5 Å². The summed E-state index contributed by atoms with van der Waals surface area (Å²) in [6, 6.07) is 7.42. The largest absolute Gasteiger partial charge is 0.497 e. The number of ketones is 1. The van der Waals surface area contributed by atoms with Crippen LogP contribution in [0.25, 0.3) is 0 Å². The first-order valence-electron chi connectivity index (χ1n) is 7.33. The van der Waals surface area contributed by atoms with Crippen molar-refractivity contribution in [1.29, 1.82) is 0 Å². The van der Waals surface area contributed by atoms with Crippen LogP contribution in [-0.4, -0.2) is 28.7 Å². The van der Waals surface area contributed by atoms with E-state index in [9.17, 15) is 14.7 Å². The van der Waals surface area contributed by atoms with Crippen LogP contribution in [0.5, 0.6) is 5.75 Å². The second kappa shape index (κ2) is 9.03. The Morgan fingerprint density at radius 3 is 2.38 bits per heavy atom. The van der Waals surface area contributed by atoms with Crippen LogP contribution in [0.4, 0.5) is 5.69 Å². The number of aliphatic carboxylic acids is 1. The van der Waals surface area contributed by atoms with Gasteiger partial charge < -0.3 is 20.0 Å². The van der Waals surface area contributed by atoms with Crippen LogP contribution in [0.1, 0.15) is 27.2 Å². The van der Waals surface area contributed by atoms with E-state index in [1.807, 2.05) is 38.1 Å². The summed E-state index contributed by atoms with van der Waals surface area (Å²) in [5.74, 6) is -1.07. The number of rotatable bonds is 10. The topological polar surface area (TPSA) is 75.6 Å². The highest BCUT2D eigenvalue weighted by Crippen LogP contribution is 2.45. The van der Waals surface area contributed by atoms with Crippen molar-refractivity contribution in [1.82, 2.24) is 0 Å². The lowest BCUT2D eigenvalue weighted by Crippen LogP contribution is -2.35. The Bertz CT molecular complexity index is 599. The van der Waals surface area contributed by atoms with Gasteiger partial charge in [-0.3, -0.25) is 4.79 Å². The first-order valence-corrected chi connectivity index (χ1v) is 9.48. The lowest BCUT2D eigenvalue weighted by atomic mass is 9.90. The summed E-state index contributed by atoms with van der Waals surface area (Å²) in [6.45, 7) is 9.01. The lowest BCUT2D eigenvalue weighted by molar-refractivity contribution is -0.144. The van der Waals surface area contributed by atoms with Crippen molar-refractivity contribution in [3.8, 4) is 5.75 Å². The van der Waals surface area contributed by atoms with Gasteiger partial charge in [-0.05, 0) is 55.8 Å². The number of carboxylic acid groups (broad SMARTS) is 1. The van der Waals surface area contributed by atoms with Gasteiger partial charge in [0.1, 0.15) is 11.5 Å². The molecule has 0 fully saturated rings. The maximum atomic E-state index is 11.5. The second-order valence-electron chi connectivity index (χ2n) is 5.84. The average molecular weight is 370 g/mol. The number of carbonyl (C=O) groups is 2. The zero-order valence-electron chi connectivity index (χ0n) is 14.3. The molecular weight excluding hydrogens is 346 g/mol. The average Bonchev–Trinajstić information content (AvgIpc) is 2.51. The molecule has 0 aliphatic carbocycles. The number of nitrogens with one attached hydrogen (secondary N) is 1. The molecule has 0 aromatic heterocycles. The Hall–Kier alpha value is -1.60. The highest BCUT2D eigenvalue weighted by Gasteiger charge is 2.37. The summed E-state index contributed by atoms with van der Waals surface area (Å²) in [4.78, 5) is 22.8. The van der Waals surface area contributed by atoms with Crippen LogP contribution in [0, 0.1) is 5.92 Å². The molecule has 1 aromatic rings. The fraction of sp³-hybridized carbons (Fsp3) is 0.412. The molecule has 0 aliphatic rings. The number of hydrogen-bond acceptors (Lipinski definition) is 6. The molecule has 1 rings (SSSR count).